The molecular weight excluding hydrogens is 242 g/mol. The monoisotopic (exact) mass is 263 g/mol. The van der Waals surface area contributed by atoms with Crippen LogP contribution in [-0.2, 0) is 14.3 Å². The number of hydrogen-bond donors (Lipinski definition) is 1. The first kappa shape index (κ1) is 13.9. The van der Waals surface area contributed by atoms with Crippen molar-refractivity contribution in [3.05, 3.63) is 29.8 Å². The summed E-state index contributed by atoms with van der Waals surface area (Å²) >= 11 is 0. The third-order valence-corrected chi connectivity index (χ3v) is 3.33. The number of nitrogens with one attached hydrogen (secondary N) is 1. The Morgan fingerprint density at radius 2 is 2.32 bits per heavy atom. The van der Waals surface area contributed by atoms with Crippen molar-refractivity contribution in [1.29, 1.82) is 0 Å². The van der Waals surface area contributed by atoms with Gasteiger partial charge in [0.25, 0.3) is 0 Å². The predicted octanol–water partition coefficient (Wildman–Crippen LogP) is 2.52. The van der Waals surface area contributed by atoms with E-state index in [0.717, 1.165) is 30.7 Å². The largest absolute Gasteiger partial charge is 0.464 e. The summed E-state index contributed by atoms with van der Waals surface area (Å²) in [6, 6.07) is 7.49. The molecular formula is C15H21NO3. The zero-order valence-electron chi connectivity index (χ0n) is 11.5. The number of aryl methyl sites for hydroxylation is 1. The summed E-state index contributed by atoms with van der Waals surface area (Å²) in [5, 5.41) is 3.27. The zero-order valence-corrected chi connectivity index (χ0v) is 11.5. The maximum Gasteiger partial charge on any atom is 0.331 e. The highest BCUT2D eigenvalue weighted by Gasteiger charge is 2.33. The Labute approximate surface area is 114 Å². The van der Waals surface area contributed by atoms with Gasteiger partial charge in [0, 0.05) is 12.3 Å². The number of para-hydroxylation sites is 1. The number of anilines is 1. The van der Waals surface area contributed by atoms with Crippen LogP contribution in [-0.4, -0.2) is 31.3 Å². The SMILES string of the molecule is CCOC(=O)C(Nc1ccccc1C)C1CCCO1. The summed E-state index contributed by atoms with van der Waals surface area (Å²) in [6.45, 7) is 4.94. The van der Waals surface area contributed by atoms with Gasteiger partial charge in [-0.25, -0.2) is 4.79 Å². The van der Waals surface area contributed by atoms with Crippen LogP contribution in [0.3, 0.4) is 0 Å². The molecule has 1 N–H and O–H groups in total. The van der Waals surface area contributed by atoms with Crippen LogP contribution in [0.4, 0.5) is 5.69 Å². The highest BCUT2D eigenvalue weighted by atomic mass is 16.5. The highest BCUT2D eigenvalue weighted by molar-refractivity contribution is 5.80. The molecule has 0 radical (unpaired) electrons. The Morgan fingerprint density at radius 3 is 2.95 bits per heavy atom. The minimum atomic E-state index is -0.427. The molecule has 2 rings (SSSR count). The third kappa shape index (κ3) is 3.47. The van der Waals surface area contributed by atoms with Crippen molar-refractivity contribution in [3.8, 4) is 0 Å². The molecule has 0 spiro atoms. The number of rotatable bonds is 5. The van der Waals surface area contributed by atoms with Gasteiger partial charge in [0.2, 0.25) is 0 Å². The van der Waals surface area contributed by atoms with E-state index in [1.165, 1.54) is 0 Å². The van der Waals surface area contributed by atoms with Crippen molar-refractivity contribution in [1.82, 2.24) is 0 Å². The van der Waals surface area contributed by atoms with Gasteiger partial charge in [0.05, 0.1) is 12.7 Å². The average molecular weight is 263 g/mol. The lowest BCUT2D eigenvalue weighted by molar-refractivity contribution is -0.146. The standard InChI is InChI=1S/C15H21NO3/c1-3-18-15(17)14(13-9-6-10-19-13)16-12-8-5-4-7-11(12)2/h4-5,7-8,13-14,16H,3,6,9-10H2,1-2H3. The lowest BCUT2D eigenvalue weighted by Gasteiger charge is -2.24. The second kappa shape index (κ2) is 6.57. The molecule has 0 saturated carbocycles. The molecule has 1 aromatic carbocycles. The number of esters is 1. The van der Waals surface area contributed by atoms with Gasteiger partial charge in [-0.05, 0) is 38.3 Å². The van der Waals surface area contributed by atoms with E-state index in [-0.39, 0.29) is 12.1 Å². The van der Waals surface area contributed by atoms with E-state index < -0.39 is 6.04 Å². The molecule has 1 aliphatic heterocycles. The van der Waals surface area contributed by atoms with Gasteiger partial charge in [-0.3, -0.25) is 0 Å². The number of ether oxygens (including phenoxy) is 2. The number of carbonyl (C=O) groups excluding carboxylic acids is 1. The van der Waals surface area contributed by atoms with E-state index in [1.807, 2.05) is 38.1 Å². The van der Waals surface area contributed by atoms with Crippen LogP contribution in [0.2, 0.25) is 0 Å². The van der Waals surface area contributed by atoms with Gasteiger partial charge in [-0.2, -0.15) is 0 Å². The molecule has 1 fully saturated rings. The van der Waals surface area contributed by atoms with Crippen LogP contribution in [0.25, 0.3) is 0 Å². The topological polar surface area (TPSA) is 47.6 Å². The molecule has 0 bridgehead atoms. The van der Waals surface area contributed by atoms with Crippen molar-refractivity contribution in [2.24, 2.45) is 0 Å². The minimum Gasteiger partial charge on any atom is -0.464 e. The van der Waals surface area contributed by atoms with E-state index in [9.17, 15) is 4.79 Å². The van der Waals surface area contributed by atoms with Gasteiger partial charge in [0.15, 0.2) is 6.04 Å². The fourth-order valence-electron chi connectivity index (χ4n) is 2.30. The maximum absolute atomic E-state index is 12.1. The zero-order chi connectivity index (χ0) is 13.7. The quantitative estimate of drug-likeness (QED) is 0.829. The normalized spacial score (nSPS) is 20.0. The smallest absolute Gasteiger partial charge is 0.331 e. The molecule has 0 amide bonds. The molecule has 0 aromatic heterocycles. The van der Waals surface area contributed by atoms with Crippen LogP contribution in [0.1, 0.15) is 25.3 Å². The molecule has 1 saturated heterocycles. The fourth-order valence-corrected chi connectivity index (χ4v) is 2.30. The molecule has 4 heteroatoms. The highest BCUT2D eigenvalue weighted by Crippen LogP contribution is 2.22. The molecule has 1 aromatic rings. The lowest BCUT2D eigenvalue weighted by Crippen LogP contribution is -2.41. The third-order valence-electron chi connectivity index (χ3n) is 3.33. The first-order valence-corrected chi connectivity index (χ1v) is 6.82. The second-order valence-electron chi connectivity index (χ2n) is 4.74. The van der Waals surface area contributed by atoms with E-state index in [0.29, 0.717) is 6.61 Å². The van der Waals surface area contributed by atoms with Gasteiger partial charge in [-0.15, -0.1) is 0 Å². The maximum atomic E-state index is 12.1. The number of benzene rings is 1. The molecule has 1 aliphatic rings. The Hall–Kier alpha value is -1.55. The average Bonchev–Trinajstić information content (AvgIpc) is 2.91. The van der Waals surface area contributed by atoms with E-state index >= 15 is 0 Å². The van der Waals surface area contributed by atoms with Crippen molar-refractivity contribution < 1.29 is 14.3 Å². The van der Waals surface area contributed by atoms with Crippen LogP contribution >= 0.6 is 0 Å². The molecule has 4 nitrogen and oxygen atoms in total. The van der Waals surface area contributed by atoms with E-state index in [1.54, 1.807) is 0 Å². The van der Waals surface area contributed by atoms with Crippen LogP contribution in [0.5, 0.6) is 0 Å². The van der Waals surface area contributed by atoms with Crippen molar-refractivity contribution >= 4 is 11.7 Å². The van der Waals surface area contributed by atoms with Gasteiger partial charge in [0.1, 0.15) is 0 Å². The first-order chi connectivity index (χ1) is 9.22. The summed E-state index contributed by atoms with van der Waals surface area (Å²) in [5.74, 6) is -0.238. The Kier molecular flexibility index (Phi) is 4.80. The first-order valence-electron chi connectivity index (χ1n) is 6.82. The van der Waals surface area contributed by atoms with E-state index in [2.05, 4.69) is 5.32 Å². The Balaban J connectivity index is 2.13. The van der Waals surface area contributed by atoms with Crippen LogP contribution < -0.4 is 5.32 Å². The summed E-state index contributed by atoms with van der Waals surface area (Å²) in [6.07, 6.45) is 1.79. The van der Waals surface area contributed by atoms with Gasteiger partial charge in [-0.1, -0.05) is 18.2 Å². The molecule has 2 atom stereocenters. The van der Waals surface area contributed by atoms with Gasteiger partial charge >= 0.3 is 5.97 Å². The fraction of sp³-hybridized carbons (Fsp3) is 0.533. The summed E-state index contributed by atoms with van der Waals surface area (Å²) in [7, 11) is 0. The van der Waals surface area contributed by atoms with Gasteiger partial charge < -0.3 is 14.8 Å². The van der Waals surface area contributed by atoms with Crippen molar-refractivity contribution in [2.75, 3.05) is 18.5 Å². The Bertz CT molecular complexity index is 427. The second-order valence-corrected chi connectivity index (χ2v) is 4.74. The summed E-state index contributed by atoms with van der Waals surface area (Å²) in [5.41, 5.74) is 2.06. The molecule has 104 valence electrons. The minimum absolute atomic E-state index is 0.0985. The van der Waals surface area contributed by atoms with Crippen molar-refractivity contribution in [2.45, 2.75) is 38.8 Å². The summed E-state index contributed by atoms with van der Waals surface area (Å²) in [4.78, 5) is 12.1. The van der Waals surface area contributed by atoms with Crippen LogP contribution in [0, 0.1) is 6.92 Å². The molecule has 1 heterocycles. The lowest BCUT2D eigenvalue weighted by atomic mass is 10.1. The number of carbonyl (C=O) groups is 1. The van der Waals surface area contributed by atoms with E-state index in [4.69, 9.17) is 9.47 Å². The molecule has 2 unspecified atom stereocenters. The van der Waals surface area contributed by atoms with Crippen LogP contribution in [0.15, 0.2) is 24.3 Å². The van der Waals surface area contributed by atoms with Crippen molar-refractivity contribution in [3.63, 3.8) is 0 Å². The predicted molar refractivity (Wildman–Crippen MR) is 74.2 cm³/mol. The molecule has 19 heavy (non-hydrogen) atoms. The summed E-state index contributed by atoms with van der Waals surface area (Å²) < 4.78 is 10.8. The Morgan fingerprint density at radius 1 is 1.53 bits per heavy atom. The molecule has 0 aliphatic carbocycles. The number of hydrogen-bond acceptors (Lipinski definition) is 4.